The van der Waals surface area contributed by atoms with Crippen molar-refractivity contribution in [3.8, 4) is 0 Å². The van der Waals surface area contributed by atoms with E-state index in [4.69, 9.17) is 56.8 Å². The lowest BCUT2D eigenvalue weighted by Gasteiger charge is -2.71. The average molecular weight is 1320 g/mol. The highest BCUT2D eigenvalue weighted by molar-refractivity contribution is 5.79. The molecule has 526 valence electrons. The third kappa shape index (κ3) is 12.0. The van der Waals surface area contributed by atoms with Gasteiger partial charge in [0.2, 0.25) is 6.29 Å². The average Bonchev–Trinajstić information content (AvgIpc) is 0.678. The Morgan fingerprint density at radius 2 is 1.10 bits per heavy atom. The predicted octanol–water partition coefficient (Wildman–Crippen LogP) is -3.52. The molecule has 0 amide bonds. The van der Waals surface area contributed by atoms with E-state index < -0.39 is 221 Å². The van der Waals surface area contributed by atoms with Crippen LogP contribution in [0.25, 0.3) is 0 Å². The Kier molecular flexibility index (Phi) is 20.8. The van der Waals surface area contributed by atoms with Crippen LogP contribution in [0.2, 0.25) is 0 Å². The molecule has 0 aromatic heterocycles. The van der Waals surface area contributed by atoms with Crippen LogP contribution in [0.1, 0.15) is 113 Å². The van der Waals surface area contributed by atoms with Crippen molar-refractivity contribution in [3.63, 3.8) is 0 Å². The summed E-state index contributed by atoms with van der Waals surface area (Å²) in [6.45, 7) is 16.1. The molecule has 0 aromatic carbocycles. The molecule has 0 radical (unpaired) electrons. The topological polar surface area (TPSA) is 452 Å². The molecule has 11 rings (SSSR count). The molecule has 0 bridgehead atoms. The first-order chi connectivity index (χ1) is 43.3. The molecule has 10 fully saturated rings. The van der Waals surface area contributed by atoms with E-state index >= 15 is 0 Å². The van der Waals surface area contributed by atoms with E-state index in [1.807, 2.05) is 0 Å². The number of fused-ring (bicyclic) bond motifs is 7. The summed E-state index contributed by atoms with van der Waals surface area (Å²) in [5, 5.41) is 175. The minimum absolute atomic E-state index is 0.0906. The Hall–Kier alpha value is -2.13. The first-order valence-corrected chi connectivity index (χ1v) is 32.7. The van der Waals surface area contributed by atoms with Gasteiger partial charge in [0.25, 0.3) is 0 Å². The molecule has 92 heavy (non-hydrogen) atoms. The van der Waals surface area contributed by atoms with Gasteiger partial charge in [-0.3, -0.25) is 4.79 Å². The highest BCUT2D eigenvalue weighted by Crippen LogP contribution is 2.76. The van der Waals surface area contributed by atoms with E-state index in [2.05, 4.69) is 47.3 Å². The summed E-state index contributed by atoms with van der Waals surface area (Å²) in [6, 6.07) is 0. The number of aliphatic hydroxyl groups excluding tert-OH is 16. The number of hydrogen-bond acceptors (Lipinski definition) is 29. The van der Waals surface area contributed by atoms with Crippen molar-refractivity contribution in [1.82, 2.24) is 0 Å². The first kappa shape index (κ1) is 71.2. The lowest BCUT2D eigenvalue weighted by Crippen LogP contribution is -2.67. The second-order valence-electron chi connectivity index (χ2n) is 29.5. The number of rotatable bonds is 14. The van der Waals surface area contributed by atoms with Crippen LogP contribution in [-0.2, 0) is 61.6 Å². The Bertz CT molecular complexity index is 2620. The van der Waals surface area contributed by atoms with E-state index in [1.54, 1.807) is 0 Å². The first-order valence-electron chi connectivity index (χ1n) is 32.7. The molecule has 0 spiro atoms. The summed E-state index contributed by atoms with van der Waals surface area (Å²) in [6.07, 6.45) is -37.7. The van der Waals surface area contributed by atoms with Gasteiger partial charge in [-0.05, 0) is 112 Å². The standard InChI is InChI=1S/C63H100O29/c1-24-11-16-63(58(80)92-56-46(77)42(73)38(69)30(20-64)85-56)18-17-61(7)27(28(63)19-24)9-10-34-60(6)14-13-35(59(4,5)33(60)12-15-62(34,61)8)88-53-48(79)49(29(66)22-81-53)89-57-51(91-55-45(76)41(72)37(68)26(3)84-55)47(78)50(31(21-65)86-57)90-52-43(74)39(70)32(23-82-52)87-54-44(75)40(71)36(67)25(2)83-54/h9,25-26,28-57,64-79H,1,10-23H2,2-8H3. The largest absolute Gasteiger partial charge is 0.432 e. The molecule has 5 aliphatic carbocycles. The number of carbonyl (C=O) groups is 1. The van der Waals surface area contributed by atoms with Gasteiger partial charge in [0.05, 0.1) is 50.2 Å². The second kappa shape index (κ2) is 26.8. The SMILES string of the molecule is C=C1CCC2(C(=O)OC3OC(CO)C(O)C(O)C3O)CCC3(C)C(=CCC4C5(C)CCC(OC6OCC(O)C(OC7OC(CO)C(OC8OCC(OC9OC(C)C(O)C(O)C9O)C(O)C8O)C(O)C7OC7OC(C)C(O)C(O)C7O)C6O)C(C)(C)C5CCC43C)C2C1. The predicted molar refractivity (Wildman–Crippen MR) is 309 cm³/mol. The molecule has 16 N–H and O–H groups in total. The Morgan fingerprint density at radius 1 is 0.533 bits per heavy atom. The van der Waals surface area contributed by atoms with Crippen LogP contribution >= 0.6 is 0 Å². The van der Waals surface area contributed by atoms with Crippen molar-refractivity contribution in [3.05, 3.63) is 23.8 Å². The van der Waals surface area contributed by atoms with Gasteiger partial charge in [-0.1, -0.05) is 58.4 Å². The number of allylic oxidation sites excluding steroid dienone is 3. The molecular formula is C63H100O29. The quantitative estimate of drug-likeness (QED) is 0.0455. The van der Waals surface area contributed by atoms with Gasteiger partial charge < -0.3 is 139 Å². The van der Waals surface area contributed by atoms with Gasteiger partial charge in [-0.15, -0.1) is 0 Å². The highest BCUT2D eigenvalue weighted by atomic mass is 16.8. The second-order valence-corrected chi connectivity index (χ2v) is 29.5. The van der Waals surface area contributed by atoms with Crippen LogP contribution in [0.4, 0.5) is 0 Å². The number of carbonyl (C=O) groups excluding carboxylic acids is 1. The van der Waals surface area contributed by atoms with E-state index in [0.717, 1.165) is 31.3 Å². The van der Waals surface area contributed by atoms with Crippen LogP contribution in [0.3, 0.4) is 0 Å². The van der Waals surface area contributed by atoms with Crippen LogP contribution in [0.5, 0.6) is 0 Å². The van der Waals surface area contributed by atoms with Crippen molar-refractivity contribution in [1.29, 1.82) is 0 Å². The van der Waals surface area contributed by atoms with Crippen LogP contribution in [0, 0.1) is 44.8 Å². The zero-order valence-electron chi connectivity index (χ0n) is 53.1. The van der Waals surface area contributed by atoms with Crippen molar-refractivity contribution >= 4 is 5.97 Å². The van der Waals surface area contributed by atoms with Gasteiger partial charge in [-0.25, -0.2) is 0 Å². The van der Waals surface area contributed by atoms with Crippen molar-refractivity contribution in [2.75, 3.05) is 26.4 Å². The van der Waals surface area contributed by atoms with E-state index in [1.165, 1.54) is 19.4 Å². The van der Waals surface area contributed by atoms with E-state index in [-0.39, 0.29) is 34.0 Å². The molecule has 6 saturated heterocycles. The molecule has 11 aliphatic rings. The zero-order chi connectivity index (χ0) is 66.8. The highest BCUT2D eigenvalue weighted by Gasteiger charge is 2.70. The number of aliphatic hydroxyl groups is 16. The Morgan fingerprint density at radius 3 is 1.75 bits per heavy atom. The number of esters is 1. The number of hydrogen-bond donors (Lipinski definition) is 16. The smallest absolute Gasteiger partial charge is 0.315 e. The van der Waals surface area contributed by atoms with E-state index in [9.17, 15) is 86.5 Å². The molecule has 36 unspecified atom stereocenters. The Balaban J connectivity index is 0.781. The lowest BCUT2D eigenvalue weighted by atomic mass is 9.34. The van der Waals surface area contributed by atoms with Crippen LogP contribution in [-0.4, -0.2) is 292 Å². The lowest BCUT2D eigenvalue weighted by molar-refractivity contribution is -0.399. The summed E-state index contributed by atoms with van der Waals surface area (Å²) < 4.78 is 71.9. The van der Waals surface area contributed by atoms with Gasteiger partial charge in [0.15, 0.2) is 31.5 Å². The van der Waals surface area contributed by atoms with Crippen molar-refractivity contribution in [2.45, 2.75) is 291 Å². The summed E-state index contributed by atoms with van der Waals surface area (Å²) in [4.78, 5) is 14.7. The monoisotopic (exact) mass is 1320 g/mol. The molecule has 6 heterocycles. The van der Waals surface area contributed by atoms with Gasteiger partial charge in [-0.2, -0.15) is 0 Å². The molecule has 29 heteroatoms. The van der Waals surface area contributed by atoms with Crippen molar-refractivity contribution < 1.29 is 143 Å². The summed E-state index contributed by atoms with van der Waals surface area (Å²) >= 11 is 0. The van der Waals surface area contributed by atoms with Crippen molar-refractivity contribution in [2.24, 2.45) is 44.8 Å². The minimum atomic E-state index is -2.01. The Labute approximate surface area is 533 Å². The summed E-state index contributed by atoms with van der Waals surface area (Å²) in [5.41, 5.74) is -0.123. The third-order valence-electron chi connectivity index (χ3n) is 24.2. The molecule has 0 aromatic rings. The fraction of sp³-hybridized carbons (Fsp3) is 0.921. The molecular weight excluding hydrogens is 1220 g/mol. The summed E-state index contributed by atoms with van der Waals surface area (Å²) in [7, 11) is 0. The summed E-state index contributed by atoms with van der Waals surface area (Å²) in [5.74, 6) is -0.540. The maximum Gasteiger partial charge on any atom is 0.315 e. The van der Waals surface area contributed by atoms with Crippen LogP contribution < -0.4 is 0 Å². The van der Waals surface area contributed by atoms with E-state index in [0.29, 0.717) is 38.5 Å². The zero-order valence-corrected chi connectivity index (χ0v) is 53.1. The molecule has 36 atom stereocenters. The molecule has 29 nitrogen and oxygen atoms in total. The number of ether oxygens (including phenoxy) is 12. The maximum absolute atomic E-state index is 14.7. The third-order valence-corrected chi connectivity index (χ3v) is 24.2. The molecule has 6 aliphatic heterocycles. The maximum atomic E-state index is 14.7. The van der Waals surface area contributed by atoms with Gasteiger partial charge in [0, 0.05) is 5.92 Å². The fourth-order valence-electron chi connectivity index (χ4n) is 18.4. The van der Waals surface area contributed by atoms with Gasteiger partial charge >= 0.3 is 5.97 Å². The fourth-order valence-corrected chi connectivity index (χ4v) is 18.4. The van der Waals surface area contributed by atoms with Crippen LogP contribution in [0.15, 0.2) is 23.8 Å². The normalized spacial score (nSPS) is 54.6. The molecule has 4 saturated carbocycles. The van der Waals surface area contributed by atoms with Gasteiger partial charge in [0.1, 0.15) is 122 Å². The minimum Gasteiger partial charge on any atom is -0.432 e.